The first-order valence-electron chi connectivity index (χ1n) is 24.0. The van der Waals surface area contributed by atoms with Crippen LogP contribution >= 0.6 is 11.3 Å². The molecule has 1 aromatic heterocycles. The Bertz CT molecular complexity index is 2880. The van der Waals surface area contributed by atoms with Crippen molar-refractivity contribution in [1.29, 1.82) is 0 Å². The Kier molecular flexibility index (Phi) is 17.5. The number of β-lactam (4-membered cyclic amide) rings is 1. The number of aliphatic imine (C=N–C) groups is 1. The van der Waals surface area contributed by atoms with Gasteiger partial charge >= 0.3 is 34.6 Å². The maximum Gasteiger partial charge on any atom is 0.413 e. The highest BCUT2D eigenvalue weighted by molar-refractivity contribution is 7.84. The molecule has 3 aliphatic heterocycles. The van der Waals surface area contributed by atoms with Crippen molar-refractivity contribution in [2.24, 2.45) is 15.9 Å². The van der Waals surface area contributed by atoms with E-state index in [1.54, 1.807) is 111 Å². The fraction of sp³-hybridized carbons (Fsp3) is 0.420. The number of rotatable bonds is 18. The highest BCUT2D eigenvalue weighted by atomic mass is 32.2. The minimum atomic E-state index is -5.17. The van der Waals surface area contributed by atoms with Gasteiger partial charge in [0, 0.05) is 30.6 Å². The first kappa shape index (κ1) is 55.9. The molecule has 76 heavy (non-hydrogen) atoms. The molecule has 5 amide bonds. The van der Waals surface area contributed by atoms with E-state index in [4.69, 9.17) is 39.2 Å². The summed E-state index contributed by atoms with van der Waals surface area (Å²) in [5.41, 5.74) is 5.76. The lowest BCUT2D eigenvalue weighted by atomic mass is 9.97. The lowest BCUT2D eigenvalue weighted by molar-refractivity contribution is -0.163. The number of aromatic nitrogens is 1. The number of amidine groups is 1. The standard InChI is InChI=1S/C50H59N9O15S2/c1-49(2,3)72-46(63)55-45-53-35(29-75-45)38(42(60)54-39-36(27-58-25-26-69-47(58)64)59(43(39)61)76(66,67)68)56-74-37(44(62)71-40(30-13-9-7-10-14-30)31-15-11-8-12-16-31)28-70-34-19-17-32(18-20-34)41(51)52-33-21-23-57(24-22-33)48(65)73-50(4,5)6/h7-20,29,33,36-37,39-40H,21-28H2,1-6H3,(H2,51,52)(H,54,60)(H,53,55,63)(H,66,67,68)/b56-38-/t36-,37?,39+/m1/s1. The Morgan fingerprint density at radius 2 is 1.51 bits per heavy atom. The predicted octanol–water partition coefficient (Wildman–Crippen LogP) is 5.05. The Balaban J connectivity index is 1.16. The number of piperidine rings is 1. The summed E-state index contributed by atoms with van der Waals surface area (Å²) in [7, 11) is -5.17. The van der Waals surface area contributed by atoms with Crippen LogP contribution in [-0.2, 0) is 48.5 Å². The summed E-state index contributed by atoms with van der Waals surface area (Å²) in [4.78, 5) is 97.4. The van der Waals surface area contributed by atoms with E-state index in [0.29, 0.717) is 42.6 Å². The van der Waals surface area contributed by atoms with Crippen LogP contribution in [0.2, 0.25) is 0 Å². The number of amides is 5. The molecule has 5 N–H and O–H groups in total. The molecule has 0 radical (unpaired) electrons. The second-order valence-electron chi connectivity index (χ2n) is 19.6. The van der Waals surface area contributed by atoms with E-state index in [1.807, 2.05) is 20.8 Å². The number of ether oxygens (including phenoxy) is 5. The van der Waals surface area contributed by atoms with E-state index in [2.05, 4.69) is 20.8 Å². The lowest BCUT2D eigenvalue weighted by Gasteiger charge is -2.45. The van der Waals surface area contributed by atoms with Gasteiger partial charge in [0.15, 0.2) is 16.9 Å². The summed E-state index contributed by atoms with van der Waals surface area (Å²) >= 11 is 0.844. The predicted molar refractivity (Wildman–Crippen MR) is 275 cm³/mol. The molecule has 406 valence electrons. The number of cyclic esters (lactones) is 1. The average Bonchev–Trinajstić information content (AvgIpc) is 4.00. The molecule has 3 aromatic carbocycles. The molecular formula is C50H59N9O15S2. The van der Waals surface area contributed by atoms with Gasteiger partial charge in [-0.05, 0) is 89.8 Å². The van der Waals surface area contributed by atoms with Crippen molar-refractivity contribution in [3.05, 3.63) is 113 Å². The smallest absolute Gasteiger partial charge is 0.413 e. The van der Waals surface area contributed by atoms with Gasteiger partial charge in [0.25, 0.3) is 17.9 Å². The monoisotopic (exact) mass is 1090 g/mol. The summed E-state index contributed by atoms with van der Waals surface area (Å²) in [6.45, 7) is 10.2. The second kappa shape index (κ2) is 23.8. The van der Waals surface area contributed by atoms with E-state index in [1.165, 1.54) is 5.38 Å². The van der Waals surface area contributed by atoms with E-state index in [-0.39, 0.29) is 52.0 Å². The SMILES string of the molecule is CC(C)(C)OC(=O)Nc1nc(/C(=N/OC(COc2ccc(C(N)=NC3CCN(C(=O)OC(C)(C)C)CC3)cc2)C(=O)OC(c2ccccc2)c2ccccc2)C(=O)N[C@@H]2C(=O)N(S(=O)(=O)O)[C@@H]2CN2CCOC2=O)cs1. The van der Waals surface area contributed by atoms with Gasteiger partial charge < -0.3 is 49.4 Å². The maximum atomic E-state index is 14.5. The largest absolute Gasteiger partial charge is 0.489 e. The van der Waals surface area contributed by atoms with Crippen molar-refractivity contribution in [2.45, 2.75) is 95.9 Å². The van der Waals surface area contributed by atoms with E-state index < -0.39 is 94.6 Å². The molecule has 7 rings (SSSR count). The van der Waals surface area contributed by atoms with Crippen molar-refractivity contribution < 1.29 is 70.3 Å². The number of esters is 1. The van der Waals surface area contributed by atoms with Gasteiger partial charge in [0.05, 0.1) is 18.6 Å². The Morgan fingerprint density at radius 3 is 2.08 bits per heavy atom. The van der Waals surface area contributed by atoms with Crippen molar-refractivity contribution >= 4 is 74.4 Å². The van der Waals surface area contributed by atoms with Crippen LogP contribution < -0.4 is 21.1 Å². The first-order chi connectivity index (χ1) is 35.9. The van der Waals surface area contributed by atoms with Crippen molar-refractivity contribution in [3.8, 4) is 5.75 Å². The number of carbonyl (C=O) groups excluding carboxylic acids is 6. The van der Waals surface area contributed by atoms with Crippen LogP contribution in [0.25, 0.3) is 0 Å². The number of carbonyl (C=O) groups is 6. The summed E-state index contributed by atoms with van der Waals surface area (Å²) in [5.74, 6) is -2.95. The molecule has 3 saturated heterocycles. The van der Waals surface area contributed by atoms with Gasteiger partial charge in [0.2, 0.25) is 0 Å². The summed E-state index contributed by atoms with van der Waals surface area (Å²) in [5, 5.41) is 10.2. The molecule has 3 aliphatic rings. The Hall–Kier alpha value is -7.84. The molecule has 0 aliphatic carbocycles. The minimum Gasteiger partial charge on any atom is -0.489 e. The summed E-state index contributed by atoms with van der Waals surface area (Å²) < 4.78 is 62.7. The van der Waals surface area contributed by atoms with E-state index >= 15 is 0 Å². The summed E-state index contributed by atoms with van der Waals surface area (Å²) in [6, 6.07) is 20.9. The molecular weight excluding hydrogens is 1030 g/mol. The summed E-state index contributed by atoms with van der Waals surface area (Å²) in [6.07, 6.45) is -3.65. The number of anilines is 1. The normalized spacial score (nSPS) is 18.1. The number of likely N-dealkylation sites (tertiary alicyclic amines) is 1. The molecule has 3 atom stereocenters. The zero-order valence-electron chi connectivity index (χ0n) is 42.4. The fourth-order valence-corrected chi connectivity index (χ4v) is 9.46. The molecule has 3 fully saturated rings. The van der Waals surface area contributed by atoms with Crippen molar-refractivity contribution in [3.63, 3.8) is 0 Å². The molecule has 1 unspecified atom stereocenters. The molecule has 4 heterocycles. The third-order valence-electron chi connectivity index (χ3n) is 11.5. The van der Waals surface area contributed by atoms with Crippen LogP contribution in [0.5, 0.6) is 5.75 Å². The van der Waals surface area contributed by atoms with Gasteiger partial charge in [0.1, 0.15) is 47.7 Å². The first-order valence-corrected chi connectivity index (χ1v) is 26.3. The Labute approximate surface area is 442 Å². The number of oxime groups is 1. The number of nitrogens with two attached hydrogens (primary N) is 1. The Morgan fingerprint density at radius 1 is 0.895 bits per heavy atom. The van der Waals surface area contributed by atoms with Crippen molar-refractivity contribution in [2.75, 3.05) is 44.7 Å². The van der Waals surface area contributed by atoms with E-state index in [0.717, 1.165) is 16.2 Å². The molecule has 0 spiro atoms. The molecule has 24 nitrogen and oxygen atoms in total. The number of nitrogens with one attached hydrogen (secondary N) is 2. The van der Waals surface area contributed by atoms with Gasteiger partial charge in [-0.25, -0.2) is 28.5 Å². The quantitative estimate of drug-likeness (QED) is 0.0193. The zero-order chi connectivity index (χ0) is 55.0. The molecule has 0 saturated carbocycles. The highest BCUT2D eigenvalue weighted by Gasteiger charge is 2.55. The molecule has 4 aromatic rings. The number of benzene rings is 3. The van der Waals surface area contributed by atoms with Gasteiger partial charge in [-0.1, -0.05) is 65.8 Å². The topological polar surface area (TPSA) is 310 Å². The lowest BCUT2D eigenvalue weighted by Crippen LogP contribution is -2.74. The van der Waals surface area contributed by atoms with Gasteiger partial charge in [-0.3, -0.25) is 24.5 Å². The maximum absolute atomic E-state index is 14.5. The van der Waals surface area contributed by atoms with Crippen LogP contribution in [0, 0.1) is 0 Å². The molecule has 0 bridgehead atoms. The number of hydrogen-bond donors (Lipinski definition) is 4. The van der Waals surface area contributed by atoms with Crippen LogP contribution in [0.15, 0.2) is 100 Å². The van der Waals surface area contributed by atoms with Crippen LogP contribution in [-0.4, -0.2) is 154 Å². The number of hydrogen-bond acceptors (Lipinski definition) is 18. The average molecular weight is 1090 g/mol. The van der Waals surface area contributed by atoms with Crippen LogP contribution in [0.1, 0.15) is 82.9 Å². The fourth-order valence-electron chi connectivity index (χ4n) is 7.91. The van der Waals surface area contributed by atoms with Gasteiger partial charge in [-0.15, -0.1) is 11.3 Å². The highest BCUT2D eigenvalue weighted by Crippen LogP contribution is 2.29. The molecule has 26 heteroatoms. The van der Waals surface area contributed by atoms with Crippen molar-refractivity contribution in [1.82, 2.24) is 24.4 Å². The third kappa shape index (κ3) is 14.9. The van der Waals surface area contributed by atoms with Crippen LogP contribution in [0.3, 0.4) is 0 Å². The second-order valence-corrected chi connectivity index (χ2v) is 21.7. The number of nitrogens with zero attached hydrogens (tertiary/aromatic N) is 6. The van der Waals surface area contributed by atoms with Crippen LogP contribution in [0.4, 0.5) is 19.5 Å². The third-order valence-corrected chi connectivity index (χ3v) is 13.2. The van der Waals surface area contributed by atoms with E-state index in [9.17, 15) is 41.7 Å². The number of thiazole rings is 1. The van der Waals surface area contributed by atoms with Gasteiger partial charge in [-0.2, -0.15) is 8.42 Å². The minimum absolute atomic E-state index is 0.0249. The zero-order valence-corrected chi connectivity index (χ0v) is 44.1.